The molecule has 0 aliphatic carbocycles. The summed E-state index contributed by atoms with van der Waals surface area (Å²) in [6.07, 6.45) is -8.97. The van der Waals surface area contributed by atoms with Gasteiger partial charge in [0.25, 0.3) is 16.7 Å². The third-order valence-electron chi connectivity index (χ3n) is 11.9. The molecule has 6 heterocycles. The van der Waals surface area contributed by atoms with Gasteiger partial charge in [-0.2, -0.15) is 0 Å². The number of aryl methyl sites for hydroxylation is 3. The second-order valence-electron chi connectivity index (χ2n) is 18.3. The SMILES string of the molecule is CCCCOP(=O)(O)O[C@@H]1C[C@H](n2cc(C)c(=O)[nH]c2=O)O[C@@H]1COP(=O)(O)O[C@@H]1C[C@H](n2cc(C)c(=O)[nH]c2=O)O[C@@H]1COP(=O)(O)O[C@@H]1C[C@H](n2cc(C)c(=O)[nH]c2=O)O[C@@H]1COP(=O)(O)OCCCC(C)C. The fourth-order valence-electron chi connectivity index (χ4n) is 7.94. The summed E-state index contributed by atoms with van der Waals surface area (Å²) >= 11 is 0. The first-order chi connectivity index (χ1) is 35.0. The summed E-state index contributed by atoms with van der Waals surface area (Å²) in [7, 11) is -20.3. The summed E-state index contributed by atoms with van der Waals surface area (Å²) in [6, 6.07) is 0. The maximum atomic E-state index is 13.8. The Bertz CT molecular complexity index is 3050. The summed E-state index contributed by atoms with van der Waals surface area (Å²) in [5.41, 5.74) is -4.76. The Morgan fingerprint density at radius 1 is 0.533 bits per heavy atom. The molecule has 13 atom stereocenters. The molecule has 0 aromatic carbocycles. The standard InChI is InChI=1S/C40H62N6O25P4/c1-7-8-11-62-73(55,56)69-26-13-32(44-16-23(4)35(47)41-38(44)50)67-30(26)20-64-75(59,60)71-28-15-34(46-18-25(6)37(49)43-40(46)52)68-31(28)21-65-74(57,58)70-27-14-33(45-17-24(5)36(48)42-39(45)51)66-29(27)19-63-72(53,54)61-12-9-10-22(2)3/h16-18,22,26-34H,7-15,19-21H2,1-6H3,(H,53,54)(H,55,56)(H,57,58)(H,59,60)(H,41,47,50)(H,42,48,51)(H,43,49,52)/t26-,27-,28-,29-,30-,31-,32-,33-,34-/m1/s1. The Kier molecular flexibility index (Phi) is 20.5. The van der Waals surface area contributed by atoms with E-state index in [1.807, 2.05) is 13.8 Å². The predicted octanol–water partition coefficient (Wildman–Crippen LogP) is 2.30. The van der Waals surface area contributed by atoms with Crippen molar-refractivity contribution in [1.82, 2.24) is 28.7 Å². The van der Waals surface area contributed by atoms with Crippen LogP contribution in [0.1, 0.15) is 101 Å². The number of H-pyrrole nitrogens is 3. The summed E-state index contributed by atoms with van der Waals surface area (Å²) in [5, 5.41) is 0. The molecule has 3 fully saturated rings. The van der Waals surface area contributed by atoms with Crippen molar-refractivity contribution in [2.45, 2.75) is 142 Å². The van der Waals surface area contributed by atoms with Crippen LogP contribution in [0.5, 0.6) is 0 Å². The van der Waals surface area contributed by atoms with Crippen LogP contribution in [-0.2, 0) is 68.7 Å². The van der Waals surface area contributed by atoms with Crippen LogP contribution in [0.3, 0.4) is 0 Å². The van der Waals surface area contributed by atoms with Crippen LogP contribution in [0.25, 0.3) is 0 Å². The largest absolute Gasteiger partial charge is 0.472 e. The molecule has 0 bridgehead atoms. The van der Waals surface area contributed by atoms with E-state index >= 15 is 0 Å². The quantitative estimate of drug-likeness (QED) is 0.0425. The van der Waals surface area contributed by atoms with Crippen LogP contribution in [0.2, 0.25) is 0 Å². The Labute approximate surface area is 425 Å². The molecule has 0 spiro atoms. The molecule has 3 aromatic rings. The lowest BCUT2D eigenvalue weighted by Gasteiger charge is -2.25. The summed E-state index contributed by atoms with van der Waals surface area (Å²) in [4.78, 5) is 124. The van der Waals surface area contributed by atoms with E-state index in [0.29, 0.717) is 25.7 Å². The maximum Gasteiger partial charge on any atom is 0.472 e. The monoisotopic (exact) mass is 1150 g/mol. The Balaban J connectivity index is 1.19. The molecule has 3 saturated heterocycles. The number of ether oxygens (including phenoxy) is 3. The third-order valence-corrected chi connectivity index (χ3v) is 15.9. The summed E-state index contributed by atoms with van der Waals surface area (Å²) in [6.45, 7) is 6.82. The van der Waals surface area contributed by atoms with Crippen molar-refractivity contribution in [2.75, 3.05) is 33.0 Å². The van der Waals surface area contributed by atoms with Gasteiger partial charge in [0.15, 0.2) is 0 Å². The number of hydrogen-bond acceptors (Lipinski definition) is 21. The van der Waals surface area contributed by atoms with Gasteiger partial charge in [-0.1, -0.05) is 27.2 Å². The zero-order chi connectivity index (χ0) is 55.2. The number of rotatable bonds is 27. The van der Waals surface area contributed by atoms with Gasteiger partial charge in [-0.05, 0) is 46.0 Å². The first kappa shape index (κ1) is 60.6. The van der Waals surface area contributed by atoms with Crippen LogP contribution < -0.4 is 33.7 Å². The molecule has 0 radical (unpaired) electrons. The molecule has 0 amide bonds. The van der Waals surface area contributed by atoms with Crippen molar-refractivity contribution < 1.29 is 88.2 Å². The van der Waals surface area contributed by atoms with Crippen LogP contribution in [-0.4, -0.2) is 118 Å². The number of aromatic nitrogens is 6. The average Bonchev–Trinajstić information content (AvgIpc) is 4.02. The number of hydrogen-bond donors (Lipinski definition) is 7. The lowest BCUT2D eigenvalue weighted by molar-refractivity contribution is -0.0619. The molecular formula is C40H62N6O25P4. The third kappa shape index (κ3) is 16.9. The van der Waals surface area contributed by atoms with Crippen molar-refractivity contribution in [3.05, 3.63) is 97.8 Å². The van der Waals surface area contributed by atoms with Crippen molar-refractivity contribution >= 4 is 31.3 Å². The fraction of sp³-hybridized carbons (Fsp3) is 0.700. The second kappa shape index (κ2) is 25.4. The van der Waals surface area contributed by atoms with E-state index in [1.165, 1.54) is 20.8 Å². The highest BCUT2D eigenvalue weighted by Gasteiger charge is 2.48. The number of nitrogens with zero attached hydrogens (tertiary/aromatic N) is 3. The van der Waals surface area contributed by atoms with E-state index in [4.69, 9.17) is 50.4 Å². The van der Waals surface area contributed by atoms with E-state index < -0.39 is 153 Å². The molecule has 7 N–H and O–H groups in total. The van der Waals surface area contributed by atoms with Gasteiger partial charge in [-0.3, -0.25) is 79.2 Å². The van der Waals surface area contributed by atoms with E-state index in [-0.39, 0.29) is 42.2 Å². The highest BCUT2D eigenvalue weighted by molar-refractivity contribution is 7.48. The molecule has 6 rings (SSSR count). The molecule has 422 valence electrons. The van der Waals surface area contributed by atoms with Gasteiger partial charge in [-0.25, -0.2) is 32.6 Å². The summed E-state index contributed by atoms with van der Waals surface area (Å²) in [5.74, 6) is 0.276. The number of unbranched alkanes of at least 4 members (excludes halogenated alkanes) is 1. The van der Waals surface area contributed by atoms with Gasteiger partial charge in [0, 0.05) is 54.5 Å². The normalized spacial score (nSPS) is 27.3. The van der Waals surface area contributed by atoms with E-state index in [9.17, 15) is 66.6 Å². The first-order valence-electron chi connectivity index (χ1n) is 23.6. The Morgan fingerprint density at radius 2 is 0.840 bits per heavy atom. The van der Waals surface area contributed by atoms with Gasteiger partial charge in [-0.15, -0.1) is 0 Å². The van der Waals surface area contributed by atoms with Crippen molar-refractivity contribution in [1.29, 1.82) is 0 Å². The van der Waals surface area contributed by atoms with Crippen molar-refractivity contribution in [2.24, 2.45) is 5.92 Å². The van der Waals surface area contributed by atoms with Gasteiger partial charge in [0.05, 0.1) is 33.0 Å². The zero-order valence-corrected chi connectivity index (χ0v) is 45.1. The second-order valence-corrected chi connectivity index (χ2v) is 24.0. The molecule has 3 aromatic heterocycles. The molecule has 0 saturated carbocycles. The molecule has 75 heavy (non-hydrogen) atoms. The van der Waals surface area contributed by atoms with Crippen molar-refractivity contribution in [3.63, 3.8) is 0 Å². The minimum absolute atomic E-state index is 0.0408. The Morgan fingerprint density at radius 3 is 1.17 bits per heavy atom. The highest BCUT2D eigenvalue weighted by Crippen LogP contribution is 2.54. The fourth-order valence-corrected chi connectivity index (χ4v) is 11.6. The minimum atomic E-state index is -5.36. The van der Waals surface area contributed by atoms with Crippen molar-refractivity contribution in [3.8, 4) is 0 Å². The first-order valence-corrected chi connectivity index (χ1v) is 29.5. The van der Waals surface area contributed by atoms with Gasteiger partial charge >= 0.3 is 48.4 Å². The molecule has 3 aliphatic heterocycles. The van der Waals surface area contributed by atoms with Gasteiger partial charge in [0.2, 0.25) is 0 Å². The van der Waals surface area contributed by atoms with Crippen LogP contribution in [0.15, 0.2) is 47.4 Å². The van der Waals surface area contributed by atoms with E-state index in [2.05, 4.69) is 15.0 Å². The van der Waals surface area contributed by atoms with Gasteiger partial charge < -0.3 is 33.8 Å². The van der Waals surface area contributed by atoms with Gasteiger partial charge in [0.1, 0.15) is 55.3 Å². The number of phosphoric acid groups is 4. The lowest BCUT2D eigenvalue weighted by Crippen LogP contribution is -2.33. The van der Waals surface area contributed by atoms with E-state index in [0.717, 1.165) is 32.3 Å². The molecular weight excluding hydrogens is 1090 g/mol. The minimum Gasteiger partial charge on any atom is -0.349 e. The molecule has 31 nitrogen and oxygen atoms in total. The number of phosphoric ester groups is 4. The Hall–Kier alpha value is -3.64. The maximum absolute atomic E-state index is 13.8. The molecule has 4 unspecified atom stereocenters. The van der Waals surface area contributed by atoms with Crippen LogP contribution in [0.4, 0.5) is 0 Å². The summed E-state index contributed by atoms with van der Waals surface area (Å²) < 4.78 is 116. The van der Waals surface area contributed by atoms with Crippen LogP contribution >= 0.6 is 31.3 Å². The molecule has 35 heteroatoms. The van der Waals surface area contributed by atoms with E-state index in [1.54, 1.807) is 6.92 Å². The topological polar surface area (TPSA) is 415 Å². The van der Waals surface area contributed by atoms with Crippen LogP contribution in [0, 0.1) is 26.7 Å². The average molecular weight is 1150 g/mol. The smallest absolute Gasteiger partial charge is 0.349 e. The molecule has 3 aliphatic rings. The predicted molar refractivity (Wildman–Crippen MR) is 256 cm³/mol. The number of nitrogens with one attached hydrogen (secondary N) is 3. The highest BCUT2D eigenvalue weighted by atomic mass is 31.2. The number of aromatic amines is 3. The lowest BCUT2D eigenvalue weighted by atomic mass is 10.1. The zero-order valence-electron chi connectivity index (χ0n) is 41.5.